The summed E-state index contributed by atoms with van der Waals surface area (Å²) >= 11 is 5.97. The molecule has 2 rings (SSSR count). The molecule has 0 unspecified atom stereocenters. The maximum Gasteiger partial charge on any atom is 0.126 e. The molecule has 0 saturated heterocycles. The van der Waals surface area contributed by atoms with E-state index in [2.05, 4.69) is 6.07 Å². The zero-order chi connectivity index (χ0) is 13.7. The van der Waals surface area contributed by atoms with Crippen molar-refractivity contribution in [3.8, 4) is 11.8 Å². The lowest BCUT2D eigenvalue weighted by Gasteiger charge is -2.11. The largest absolute Gasteiger partial charge is 0.488 e. The van der Waals surface area contributed by atoms with Gasteiger partial charge >= 0.3 is 0 Å². The van der Waals surface area contributed by atoms with Gasteiger partial charge < -0.3 is 9.84 Å². The molecule has 0 saturated carbocycles. The van der Waals surface area contributed by atoms with Crippen molar-refractivity contribution >= 4 is 11.6 Å². The van der Waals surface area contributed by atoms with Crippen LogP contribution < -0.4 is 4.74 Å². The molecule has 0 spiro atoms. The van der Waals surface area contributed by atoms with E-state index >= 15 is 0 Å². The van der Waals surface area contributed by atoms with Gasteiger partial charge in [0.2, 0.25) is 0 Å². The van der Waals surface area contributed by atoms with Crippen LogP contribution >= 0.6 is 11.6 Å². The fourth-order valence-electron chi connectivity index (χ4n) is 1.66. The Morgan fingerprint density at radius 3 is 2.53 bits per heavy atom. The lowest BCUT2D eigenvalue weighted by Crippen LogP contribution is -1.99. The zero-order valence-electron chi connectivity index (χ0n) is 10.1. The summed E-state index contributed by atoms with van der Waals surface area (Å²) in [4.78, 5) is 0. The molecular weight excluding hydrogens is 262 g/mol. The van der Waals surface area contributed by atoms with Gasteiger partial charge in [-0.05, 0) is 29.8 Å². The maximum atomic E-state index is 9.26. The average Bonchev–Trinajstić information content (AvgIpc) is 2.45. The summed E-state index contributed by atoms with van der Waals surface area (Å²) in [6, 6.07) is 14.5. The second kappa shape index (κ2) is 6.24. The third-order valence-corrected chi connectivity index (χ3v) is 3.07. The highest BCUT2D eigenvalue weighted by atomic mass is 35.5. The van der Waals surface area contributed by atoms with Crippen molar-refractivity contribution in [1.82, 2.24) is 0 Å². The van der Waals surface area contributed by atoms with E-state index in [-0.39, 0.29) is 6.61 Å². The van der Waals surface area contributed by atoms with Crippen LogP contribution in [0.4, 0.5) is 0 Å². The van der Waals surface area contributed by atoms with Crippen molar-refractivity contribution in [2.75, 3.05) is 0 Å². The van der Waals surface area contributed by atoms with Crippen molar-refractivity contribution in [3.63, 3.8) is 0 Å². The van der Waals surface area contributed by atoms with Gasteiger partial charge in [0.25, 0.3) is 0 Å². The van der Waals surface area contributed by atoms with Crippen LogP contribution in [0.15, 0.2) is 42.5 Å². The molecule has 0 bridgehead atoms. The number of nitrogens with zero attached hydrogens (tertiary/aromatic N) is 1. The van der Waals surface area contributed by atoms with Crippen molar-refractivity contribution in [1.29, 1.82) is 5.26 Å². The van der Waals surface area contributed by atoms with Gasteiger partial charge in [-0.3, -0.25) is 0 Å². The van der Waals surface area contributed by atoms with Crippen LogP contribution in [0.2, 0.25) is 5.02 Å². The van der Waals surface area contributed by atoms with Gasteiger partial charge in [0, 0.05) is 10.6 Å². The summed E-state index contributed by atoms with van der Waals surface area (Å²) in [5, 5.41) is 18.5. The standard InChI is InChI=1S/C15H12ClNO2/c16-14-2-1-3-15(13(14)9-18)19-10-12-6-4-11(8-17)5-7-12/h1-7,18H,9-10H2. The van der Waals surface area contributed by atoms with E-state index in [4.69, 9.17) is 21.6 Å². The van der Waals surface area contributed by atoms with Crippen LogP contribution in [-0.4, -0.2) is 5.11 Å². The Labute approximate surface area is 116 Å². The number of ether oxygens (including phenoxy) is 1. The van der Waals surface area contributed by atoms with Crippen LogP contribution in [0.5, 0.6) is 5.75 Å². The summed E-state index contributed by atoms with van der Waals surface area (Å²) in [6.07, 6.45) is 0. The number of aliphatic hydroxyl groups excluding tert-OH is 1. The second-order valence-electron chi connectivity index (χ2n) is 3.97. The van der Waals surface area contributed by atoms with Crippen molar-refractivity contribution in [2.45, 2.75) is 13.2 Å². The number of rotatable bonds is 4. The topological polar surface area (TPSA) is 53.2 Å². The summed E-state index contributed by atoms with van der Waals surface area (Å²) in [5.74, 6) is 0.569. The minimum atomic E-state index is -0.164. The molecular formula is C15H12ClNO2. The minimum Gasteiger partial charge on any atom is -0.488 e. The fourth-order valence-corrected chi connectivity index (χ4v) is 1.89. The predicted octanol–water partition coefficient (Wildman–Crippen LogP) is 3.28. The Morgan fingerprint density at radius 1 is 1.16 bits per heavy atom. The van der Waals surface area contributed by atoms with Gasteiger partial charge in [0.15, 0.2) is 0 Å². The lowest BCUT2D eigenvalue weighted by atomic mass is 10.1. The zero-order valence-corrected chi connectivity index (χ0v) is 10.9. The van der Waals surface area contributed by atoms with E-state index in [1.165, 1.54) is 0 Å². The maximum absolute atomic E-state index is 9.26. The molecule has 0 aliphatic rings. The van der Waals surface area contributed by atoms with Gasteiger partial charge in [0.05, 0.1) is 18.2 Å². The van der Waals surface area contributed by atoms with E-state index in [9.17, 15) is 5.11 Å². The average molecular weight is 274 g/mol. The monoisotopic (exact) mass is 273 g/mol. The van der Waals surface area contributed by atoms with E-state index in [0.29, 0.717) is 28.5 Å². The first-order valence-electron chi connectivity index (χ1n) is 5.74. The predicted molar refractivity (Wildman–Crippen MR) is 72.9 cm³/mol. The fraction of sp³-hybridized carbons (Fsp3) is 0.133. The molecule has 96 valence electrons. The highest BCUT2D eigenvalue weighted by Crippen LogP contribution is 2.27. The molecule has 0 aliphatic heterocycles. The highest BCUT2D eigenvalue weighted by molar-refractivity contribution is 6.31. The number of hydrogen-bond acceptors (Lipinski definition) is 3. The Hall–Kier alpha value is -2.02. The SMILES string of the molecule is N#Cc1ccc(COc2cccc(Cl)c2CO)cc1. The van der Waals surface area contributed by atoms with Gasteiger partial charge in [-0.1, -0.05) is 29.8 Å². The summed E-state index contributed by atoms with van der Waals surface area (Å²) in [5.41, 5.74) is 2.14. The van der Waals surface area contributed by atoms with Crippen LogP contribution in [0.1, 0.15) is 16.7 Å². The second-order valence-corrected chi connectivity index (χ2v) is 4.38. The molecule has 0 aliphatic carbocycles. The number of halogens is 1. The first-order valence-corrected chi connectivity index (χ1v) is 6.12. The Bertz CT molecular complexity index is 603. The molecule has 19 heavy (non-hydrogen) atoms. The molecule has 2 aromatic carbocycles. The molecule has 0 atom stereocenters. The van der Waals surface area contributed by atoms with Gasteiger partial charge in [-0.15, -0.1) is 0 Å². The van der Waals surface area contributed by atoms with E-state index in [0.717, 1.165) is 5.56 Å². The minimum absolute atomic E-state index is 0.164. The molecule has 0 heterocycles. The first-order chi connectivity index (χ1) is 9.24. The molecule has 1 N–H and O–H groups in total. The molecule has 0 aromatic heterocycles. The number of nitriles is 1. The molecule has 2 aromatic rings. The molecule has 0 fully saturated rings. The first kappa shape index (κ1) is 13.4. The quantitative estimate of drug-likeness (QED) is 0.930. The van der Waals surface area contributed by atoms with Crippen molar-refractivity contribution in [3.05, 3.63) is 64.2 Å². The van der Waals surface area contributed by atoms with E-state index in [1.54, 1.807) is 30.3 Å². The third kappa shape index (κ3) is 3.25. The Kier molecular flexibility index (Phi) is 4.40. The van der Waals surface area contributed by atoms with Gasteiger partial charge in [-0.2, -0.15) is 5.26 Å². The summed E-state index contributed by atoms with van der Waals surface area (Å²) < 4.78 is 5.64. The molecule has 4 heteroatoms. The smallest absolute Gasteiger partial charge is 0.126 e. The normalized spacial score (nSPS) is 9.95. The number of benzene rings is 2. The molecule has 0 amide bonds. The van der Waals surface area contributed by atoms with Crippen LogP contribution in [0.3, 0.4) is 0 Å². The summed E-state index contributed by atoms with van der Waals surface area (Å²) in [7, 11) is 0. The lowest BCUT2D eigenvalue weighted by molar-refractivity contribution is 0.259. The summed E-state index contributed by atoms with van der Waals surface area (Å²) in [6.45, 7) is 0.196. The Morgan fingerprint density at radius 2 is 1.89 bits per heavy atom. The number of aliphatic hydroxyl groups is 1. The molecule has 3 nitrogen and oxygen atoms in total. The van der Waals surface area contributed by atoms with Gasteiger partial charge in [-0.25, -0.2) is 0 Å². The van der Waals surface area contributed by atoms with Gasteiger partial charge in [0.1, 0.15) is 12.4 Å². The Balaban J connectivity index is 2.10. The van der Waals surface area contributed by atoms with Crippen LogP contribution in [0, 0.1) is 11.3 Å². The third-order valence-electron chi connectivity index (χ3n) is 2.71. The molecule has 0 radical (unpaired) electrons. The van der Waals surface area contributed by atoms with Crippen LogP contribution in [-0.2, 0) is 13.2 Å². The van der Waals surface area contributed by atoms with Crippen molar-refractivity contribution in [2.24, 2.45) is 0 Å². The number of hydrogen-bond donors (Lipinski definition) is 1. The van der Waals surface area contributed by atoms with Crippen molar-refractivity contribution < 1.29 is 9.84 Å². The van der Waals surface area contributed by atoms with Crippen LogP contribution in [0.25, 0.3) is 0 Å². The highest BCUT2D eigenvalue weighted by Gasteiger charge is 2.07. The van der Waals surface area contributed by atoms with E-state index in [1.807, 2.05) is 12.1 Å². The van der Waals surface area contributed by atoms with E-state index < -0.39 is 0 Å².